The maximum absolute atomic E-state index is 12.3. The van der Waals surface area contributed by atoms with Crippen LogP contribution in [0, 0.1) is 6.92 Å². The van der Waals surface area contributed by atoms with Gasteiger partial charge in [0.15, 0.2) is 0 Å². The number of benzene rings is 2. The van der Waals surface area contributed by atoms with Gasteiger partial charge in [0.05, 0.1) is 5.56 Å². The minimum absolute atomic E-state index is 0.125. The van der Waals surface area contributed by atoms with Gasteiger partial charge in [0.1, 0.15) is 6.54 Å². The molecule has 7 heteroatoms. The molecule has 4 aromatic rings. The number of pyridine rings is 1. The van der Waals surface area contributed by atoms with E-state index in [4.69, 9.17) is 4.52 Å². The quantitative estimate of drug-likeness (QED) is 0.567. The van der Waals surface area contributed by atoms with E-state index in [9.17, 15) is 9.59 Å². The second kappa shape index (κ2) is 7.93. The van der Waals surface area contributed by atoms with Gasteiger partial charge in [0, 0.05) is 23.5 Å². The minimum Gasteiger partial charge on any atom is -0.334 e. The fourth-order valence-electron chi connectivity index (χ4n) is 2.90. The Morgan fingerprint density at radius 1 is 1.03 bits per heavy atom. The molecule has 0 fully saturated rings. The zero-order valence-corrected chi connectivity index (χ0v) is 15.7. The standard InChI is InChI=1S/C22H18N4O3/c1-15-6-5-7-16(12-15)21-24-22(29-25-21)17-10-11-20(28)26(13-17)14-19(27)23-18-8-3-2-4-9-18/h2-13H,14H2,1H3,(H,23,27). The number of hydrogen-bond acceptors (Lipinski definition) is 5. The molecule has 0 unspecified atom stereocenters. The van der Waals surface area contributed by atoms with E-state index < -0.39 is 0 Å². The van der Waals surface area contributed by atoms with Crippen LogP contribution < -0.4 is 10.9 Å². The van der Waals surface area contributed by atoms with Crippen molar-refractivity contribution in [3.05, 3.63) is 88.8 Å². The van der Waals surface area contributed by atoms with Crippen LogP contribution in [0.1, 0.15) is 5.56 Å². The Bertz CT molecular complexity index is 1210. The van der Waals surface area contributed by atoms with Crippen LogP contribution in [-0.4, -0.2) is 20.6 Å². The fourth-order valence-corrected chi connectivity index (χ4v) is 2.90. The summed E-state index contributed by atoms with van der Waals surface area (Å²) in [4.78, 5) is 28.9. The summed E-state index contributed by atoms with van der Waals surface area (Å²) in [6.07, 6.45) is 1.54. The van der Waals surface area contributed by atoms with Gasteiger partial charge in [0.2, 0.25) is 11.7 Å². The highest BCUT2D eigenvalue weighted by Crippen LogP contribution is 2.22. The van der Waals surface area contributed by atoms with Crippen LogP contribution >= 0.6 is 0 Å². The number of rotatable bonds is 5. The zero-order chi connectivity index (χ0) is 20.2. The molecular formula is C22H18N4O3. The van der Waals surface area contributed by atoms with E-state index in [1.165, 1.54) is 10.6 Å². The predicted octanol–water partition coefficient (Wildman–Crippen LogP) is 3.51. The topological polar surface area (TPSA) is 90.0 Å². The average Bonchev–Trinajstić information content (AvgIpc) is 3.21. The smallest absolute Gasteiger partial charge is 0.259 e. The van der Waals surface area contributed by atoms with Crippen LogP contribution in [0.25, 0.3) is 22.8 Å². The second-order valence-electron chi connectivity index (χ2n) is 6.59. The van der Waals surface area contributed by atoms with E-state index in [1.54, 1.807) is 24.4 Å². The second-order valence-corrected chi connectivity index (χ2v) is 6.59. The van der Waals surface area contributed by atoms with Gasteiger partial charge in [-0.15, -0.1) is 0 Å². The number of anilines is 1. The number of aromatic nitrogens is 3. The molecule has 0 atom stereocenters. The third-order valence-corrected chi connectivity index (χ3v) is 4.30. The van der Waals surface area contributed by atoms with Gasteiger partial charge in [-0.1, -0.05) is 47.1 Å². The molecule has 0 saturated carbocycles. The number of para-hydroxylation sites is 1. The Morgan fingerprint density at radius 3 is 2.66 bits per heavy atom. The van der Waals surface area contributed by atoms with Crippen molar-refractivity contribution >= 4 is 11.6 Å². The lowest BCUT2D eigenvalue weighted by atomic mass is 10.1. The molecule has 1 N–H and O–H groups in total. The van der Waals surface area contributed by atoms with Crippen LogP contribution in [-0.2, 0) is 11.3 Å². The van der Waals surface area contributed by atoms with Crippen molar-refractivity contribution in [1.29, 1.82) is 0 Å². The molecule has 144 valence electrons. The number of carbonyl (C=O) groups excluding carboxylic acids is 1. The lowest BCUT2D eigenvalue weighted by molar-refractivity contribution is -0.116. The zero-order valence-electron chi connectivity index (χ0n) is 15.7. The molecule has 0 bridgehead atoms. The summed E-state index contributed by atoms with van der Waals surface area (Å²) >= 11 is 0. The molecule has 1 amide bonds. The highest BCUT2D eigenvalue weighted by molar-refractivity contribution is 5.90. The molecule has 0 saturated heterocycles. The molecule has 7 nitrogen and oxygen atoms in total. The summed E-state index contributed by atoms with van der Waals surface area (Å²) < 4.78 is 6.67. The third kappa shape index (κ3) is 4.30. The first-order chi connectivity index (χ1) is 14.1. The van der Waals surface area contributed by atoms with Crippen molar-refractivity contribution in [1.82, 2.24) is 14.7 Å². The van der Waals surface area contributed by atoms with Gasteiger partial charge in [-0.3, -0.25) is 9.59 Å². The summed E-state index contributed by atoms with van der Waals surface area (Å²) in [5.74, 6) is 0.434. The molecule has 0 aliphatic rings. The van der Waals surface area contributed by atoms with E-state index in [0.717, 1.165) is 11.1 Å². The Morgan fingerprint density at radius 2 is 1.86 bits per heavy atom. The summed E-state index contributed by atoms with van der Waals surface area (Å²) in [7, 11) is 0. The lowest BCUT2D eigenvalue weighted by Gasteiger charge is -2.08. The summed E-state index contributed by atoms with van der Waals surface area (Å²) in [6, 6.07) is 19.8. The number of nitrogens with one attached hydrogen (secondary N) is 1. The SMILES string of the molecule is Cc1cccc(-c2noc(-c3ccc(=O)n(CC(=O)Nc4ccccc4)c3)n2)c1. The van der Waals surface area contributed by atoms with Crippen molar-refractivity contribution < 1.29 is 9.32 Å². The van der Waals surface area contributed by atoms with Gasteiger partial charge in [-0.25, -0.2) is 0 Å². The van der Waals surface area contributed by atoms with Gasteiger partial charge in [-0.05, 0) is 31.2 Å². The first kappa shape index (κ1) is 18.4. The average molecular weight is 386 g/mol. The van der Waals surface area contributed by atoms with Gasteiger partial charge < -0.3 is 14.4 Å². The molecule has 0 aliphatic heterocycles. The molecule has 2 aromatic carbocycles. The Balaban J connectivity index is 1.56. The van der Waals surface area contributed by atoms with E-state index in [1.807, 2.05) is 49.4 Å². The number of nitrogens with zero attached hydrogens (tertiary/aromatic N) is 3. The molecule has 2 heterocycles. The maximum Gasteiger partial charge on any atom is 0.259 e. The molecule has 4 rings (SSSR count). The first-order valence-electron chi connectivity index (χ1n) is 9.05. The van der Waals surface area contributed by atoms with Gasteiger partial charge in [-0.2, -0.15) is 4.98 Å². The Hall–Kier alpha value is -4.00. The van der Waals surface area contributed by atoms with Gasteiger partial charge in [0.25, 0.3) is 11.4 Å². The molecular weight excluding hydrogens is 368 g/mol. The van der Waals surface area contributed by atoms with Crippen molar-refractivity contribution in [2.24, 2.45) is 0 Å². The number of carbonyl (C=O) groups is 1. The summed E-state index contributed by atoms with van der Waals surface area (Å²) in [5, 5.41) is 6.78. The Kier molecular flexibility index (Phi) is 5.03. The number of hydrogen-bond donors (Lipinski definition) is 1. The molecule has 0 spiro atoms. The molecule has 29 heavy (non-hydrogen) atoms. The molecule has 0 aliphatic carbocycles. The van der Waals surface area contributed by atoms with Crippen LogP contribution in [0.15, 0.2) is 82.2 Å². The van der Waals surface area contributed by atoms with Crippen LogP contribution in [0.3, 0.4) is 0 Å². The highest BCUT2D eigenvalue weighted by atomic mass is 16.5. The predicted molar refractivity (Wildman–Crippen MR) is 109 cm³/mol. The highest BCUT2D eigenvalue weighted by Gasteiger charge is 2.13. The van der Waals surface area contributed by atoms with Crippen molar-refractivity contribution in [2.75, 3.05) is 5.32 Å². The first-order valence-corrected chi connectivity index (χ1v) is 9.05. The normalized spacial score (nSPS) is 10.7. The third-order valence-electron chi connectivity index (χ3n) is 4.30. The molecule has 0 radical (unpaired) electrons. The number of aryl methyl sites for hydroxylation is 1. The summed E-state index contributed by atoms with van der Waals surface area (Å²) in [6.45, 7) is 1.86. The van der Waals surface area contributed by atoms with E-state index >= 15 is 0 Å². The molecule has 2 aromatic heterocycles. The van der Waals surface area contributed by atoms with E-state index in [-0.39, 0.29) is 23.9 Å². The van der Waals surface area contributed by atoms with Crippen molar-refractivity contribution in [3.63, 3.8) is 0 Å². The van der Waals surface area contributed by atoms with E-state index in [2.05, 4.69) is 15.5 Å². The van der Waals surface area contributed by atoms with Crippen molar-refractivity contribution in [2.45, 2.75) is 13.5 Å². The monoisotopic (exact) mass is 386 g/mol. The minimum atomic E-state index is -0.304. The largest absolute Gasteiger partial charge is 0.334 e. The fraction of sp³-hybridized carbons (Fsp3) is 0.0909. The summed E-state index contributed by atoms with van der Waals surface area (Å²) in [5.41, 5.74) is 2.86. The lowest BCUT2D eigenvalue weighted by Crippen LogP contribution is -2.26. The van der Waals surface area contributed by atoms with Crippen LogP contribution in [0.4, 0.5) is 5.69 Å². The number of amides is 1. The van der Waals surface area contributed by atoms with Crippen LogP contribution in [0.2, 0.25) is 0 Å². The van der Waals surface area contributed by atoms with Gasteiger partial charge >= 0.3 is 0 Å². The maximum atomic E-state index is 12.3. The van der Waals surface area contributed by atoms with Crippen LogP contribution in [0.5, 0.6) is 0 Å². The van der Waals surface area contributed by atoms with Crippen molar-refractivity contribution in [3.8, 4) is 22.8 Å². The van der Waals surface area contributed by atoms with E-state index in [0.29, 0.717) is 17.1 Å². The Labute approximate surface area is 166 Å².